The summed E-state index contributed by atoms with van der Waals surface area (Å²) < 4.78 is 0. The SMILES string of the molecule is CCCN1CCC(N(CC)C2CC3CCC(C2)N3)CC1. The molecule has 3 heteroatoms. The Kier molecular flexibility index (Phi) is 5.00. The van der Waals surface area contributed by atoms with Crippen LogP contribution in [0.15, 0.2) is 0 Å². The molecule has 0 amide bonds. The minimum atomic E-state index is 0.827. The van der Waals surface area contributed by atoms with Gasteiger partial charge in [-0.15, -0.1) is 0 Å². The average Bonchev–Trinajstić information content (AvgIpc) is 2.81. The lowest BCUT2D eigenvalue weighted by Crippen LogP contribution is -2.54. The molecule has 0 saturated carbocycles. The van der Waals surface area contributed by atoms with Crippen LogP contribution in [0.3, 0.4) is 0 Å². The van der Waals surface area contributed by atoms with Crippen molar-refractivity contribution in [3.8, 4) is 0 Å². The molecule has 20 heavy (non-hydrogen) atoms. The molecular weight excluding hydrogens is 246 g/mol. The van der Waals surface area contributed by atoms with Crippen LogP contribution in [0.5, 0.6) is 0 Å². The Morgan fingerprint density at radius 2 is 1.60 bits per heavy atom. The fourth-order valence-corrected chi connectivity index (χ4v) is 4.90. The highest BCUT2D eigenvalue weighted by molar-refractivity contribution is 4.97. The van der Waals surface area contributed by atoms with Gasteiger partial charge in [-0.25, -0.2) is 0 Å². The highest BCUT2D eigenvalue weighted by atomic mass is 15.2. The van der Waals surface area contributed by atoms with Gasteiger partial charge in [0.1, 0.15) is 0 Å². The Balaban J connectivity index is 1.54. The second-order valence-corrected chi connectivity index (χ2v) is 7.17. The molecule has 3 rings (SSSR count). The van der Waals surface area contributed by atoms with Gasteiger partial charge in [-0.2, -0.15) is 0 Å². The summed E-state index contributed by atoms with van der Waals surface area (Å²) in [5.74, 6) is 0. The summed E-state index contributed by atoms with van der Waals surface area (Å²) in [6.07, 6.45) is 9.75. The maximum atomic E-state index is 3.79. The van der Waals surface area contributed by atoms with Crippen LogP contribution in [0.2, 0.25) is 0 Å². The van der Waals surface area contributed by atoms with Crippen LogP contribution in [-0.2, 0) is 0 Å². The van der Waals surface area contributed by atoms with Crippen molar-refractivity contribution in [2.45, 2.75) is 83.0 Å². The summed E-state index contributed by atoms with van der Waals surface area (Å²) in [6, 6.07) is 3.37. The van der Waals surface area contributed by atoms with Gasteiger partial charge in [0, 0.05) is 24.2 Å². The molecule has 3 nitrogen and oxygen atoms in total. The van der Waals surface area contributed by atoms with E-state index in [0.29, 0.717) is 0 Å². The molecule has 3 heterocycles. The van der Waals surface area contributed by atoms with E-state index < -0.39 is 0 Å². The Hall–Kier alpha value is -0.120. The smallest absolute Gasteiger partial charge is 0.0128 e. The molecule has 0 spiro atoms. The monoisotopic (exact) mass is 279 g/mol. The fraction of sp³-hybridized carbons (Fsp3) is 1.00. The third kappa shape index (κ3) is 3.20. The van der Waals surface area contributed by atoms with Gasteiger partial charge in [0.25, 0.3) is 0 Å². The predicted octanol–water partition coefficient (Wildman–Crippen LogP) is 2.47. The summed E-state index contributed by atoms with van der Waals surface area (Å²) in [7, 11) is 0. The minimum Gasteiger partial charge on any atom is -0.311 e. The summed E-state index contributed by atoms with van der Waals surface area (Å²) in [5, 5.41) is 3.79. The van der Waals surface area contributed by atoms with Crippen molar-refractivity contribution in [3.05, 3.63) is 0 Å². The third-order valence-corrected chi connectivity index (χ3v) is 5.85. The Labute approximate surface area is 125 Å². The molecule has 2 bridgehead atoms. The van der Waals surface area contributed by atoms with Crippen molar-refractivity contribution in [1.29, 1.82) is 0 Å². The first-order valence-corrected chi connectivity index (χ1v) is 9.04. The lowest BCUT2D eigenvalue weighted by Gasteiger charge is -2.44. The summed E-state index contributed by atoms with van der Waals surface area (Å²) in [5.41, 5.74) is 0. The van der Waals surface area contributed by atoms with Gasteiger partial charge < -0.3 is 10.2 Å². The van der Waals surface area contributed by atoms with E-state index in [9.17, 15) is 0 Å². The molecule has 2 atom stereocenters. The van der Waals surface area contributed by atoms with Crippen molar-refractivity contribution >= 4 is 0 Å². The van der Waals surface area contributed by atoms with E-state index in [1.165, 1.54) is 71.1 Å². The van der Waals surface area contributed by atoms with Gasteiger partial charge in [-0.1, -0.05) is 13.8 Å². The quantitative estimate of drug-likeness (QED) is 0.834. The highest BCUT2D eigenvalue weighted by Crippen LogP contribution is 2.32. The average molecular weight is 279 g/mol. The maximum Gasteiger partial charge on any atom is 0.0128 e. The lowest BCUT2D eigenvalue weighted by molar-refractivity contribution is 0.0562. The molecule has 116 valence electrons. The number of nitrogens with zero attached hydrogens (tertiary/aromatic N) is 2. The van der Waals surface area contributed by atoms with Gasteiger partial charge >= 0.3 is 0 Å². The van der Waals surface area contributed by atoms with Gasteiger partial charge in [0.2, 0.25) is 0 Å². The summed E-state index contributed by atoms with van der Waals surface area (Å²) in [4.78, 5) is 5.53. The van der Waals surface area contributed by atoms with E-state index in [2.05, 4.69) is 29.0 Å². The minimum absolute atomic E-state index is 0.827. The number of hydrogen-bond acceptors (Lipinski definition) is 3. The van der Waals surface area contributed by atoms with Crippen molar-refractivity contribution in [2.24, 2.45) is 0 Å². The topological polar surface area (TPSA) is 18.5 Å². The number of nitrogens with one attached hydrogen (secondary N) is 1. The standard InChI is InChI=1S/C17H33N3/c1-3-9-19-10-7-16(8-11-19)20(4-2)17-12-14-5-6-15(13-17)18-14/h14-18H,3-13H2,1-2H3. The number of hydrogen-bond donors (Lipinski definition) is 1. The summed E-state index contributed by atoms with van der Waals surface area (Å²) in [6.45, 7) is 9.89. The maximum absolute atomic E-state index is 3.79. The Morgan fingerprint density at radius 1 is 0.950 bits per heavy atom. The molecular formula is C17H33N3. The third-order valence-electron chi connectivity index (χ3n) is 5.85. The Morgan fingerprint density at radius 3 is 2.15 bits per heavy atom. The van der Waals surface area contributed by atoms with Crippen LogP contribution in [0, 0.1) is 0 Å². The van der Waals surface area contributed by atoms with Crippen molar-refractivity contribution in [3.63, 3.8) is 0 Å². The molecule has 2 unspecified atom stereocenters. The van der Waals surface area contributed by atoms with E-state index in [-0.39, 0.29) is 0 Å². The van der Waals surface area contributed by atoms with Crippen LogP contribution < -0.4 is 5.32 Å². The van der Waals surface area contributed by atoms with Crippen molar-refractivity contribution in [1.82, 2.24) is 15.1 Å². The molecule has 3 aliphatic heterocycles. The molecule has 0 aromatic heterocycles. The van der Waals surface area contributed by atoms with Crippen molar-refractivity contribution < 1.29 is 0 Å². The number of piperidine rings is 2. The van der Waals surface area contributed by atoms with Crippen LogP contribution in [-0.4, -0.2) is 60.1 Å². The first-order chi connectivity index (χ1) is 9.80. The normalized spacial score (nSPS) is 35.9. The van der Waals surface area contributed by atoms with E-state index in [1.54, 1.807) is 0 Å². The van der Waals surface area contributed by atoms with E-state index >= 15 is 0 Å². The zero-order valence-electron chi connectivity index (χ0n) is 13.5. The van der Waals surface area contributed by atoms with E-state index in [1.807, 2.05) is 0 Å². The predicted molar refractivity (Wildman–Crippen MR) is 85.1 cm³/mol. The first kappa shape index (κ1) is 14.8. The zero-order valence-corrected chi connectivity index (χ0v) is 13.5. The second-order valence-electron chi connectivity index (χ2n) is 7.17. The lowest BCUT2D eigenvalue weighted by atomic mass is 9.93. The molecule has 1 N–H and O–H groups in total. The Bertz CT molecular complexity index is 287. The largest absolute Gasteiger partial charge is 0.311 e. The molecule has 3 fully saturated rings. The van der Waals surface area contributed by atoms with E-state index in [0.717, 1.165) is 24.2 Å². The second kappa shape index (κ2) is 6.76. The van der Waals surface area contributed by atoms with Crippen LogP contribution in [0.4, 0.5) is 0 Å². The van der Waals surface area contributed by atoms with Gasteiger partial charge in [-0.05, 0) is 71.1 Å². The number of fused-ring (bicyclic) bond motifs is 2. The molecule has 0 aromatic carbocycles. The van der Waals surface area contributed by atoms with Gasteiger partial charge in [0.05, 0.1) is 0 Å². The molecule has 0 radical (unpaired) electrons. The molecule has 3 saturated heterocycles. The van der Waals surface area contributed by atoms with Crippen LogP contribution in [0.25, 0.3) is 0 Å². The molecule has 3 aliphatic rings. The van der Waals surface area contributed by atoms with Crippen LogP contribution in [0.1, 0.15) is 58.8 Å². The van der Waals surface area contributed by atoms with E-state index in [4.69, 9.17) is 0 Å². The first-order valence-electron chi connectivity index (χ1n) is 9.04. The number of rotatable bonds is 5. The van der Waals surface area contributed by atoms with Gasteiger partial charge in [-0.3, -0.25) is 4.90 Å². The van der Waals surface area contributed by atoms with Crippen LogP contribution >= 0.6 is 0 Å². The van der Waals surface area contributed by atoms with Crippen molar-refractivity contribution in [2.75, 3.05) is 26.2 Å². The summed E-state index contributed by atoms with van der Waals surface area (Å²) >= 11 is 0. The molecule has 0 aromatic rings. The van der Waals surface area contributed by atoms with Gasteiger partial charge in [0.15, 0.2) is 0 Å². The highest BCUT2D eigenvalue weighted by Gasteiger charge is 2.38. The number of likely N-dealkylation sites (tertiary alicyclic amines) is 1. The fourth-order valence-electron chi connectivity index (χ4n) is 4.90. The zero-order chi connectivity index (χ0) is 13.9. The molecule has 0 aliphatic carbocycles.